The second kappa shape index (κ2) is 11.6. The van der Waals surface area contributed by atoms with Crippen molar-refractivity contribution in [1.82, 2.24) is 19.9 Å². The number of piperazine rings is 1. The van der Waals surface area contributed by atoms with Crippen LogP contribution in [0, 0.1) is 5.82 Å². The summed E-state index contributed by atoms with van der Waals surface area (Å²) in [7, 11) is 0. The smallest absolute Gasteiger partial charge is 0.225 e. The van der Waals surface area contributed by atoms with E-state index < -0.39 is 24.4 Å². The highest BCUT2D eigenvalue weighted by molar-refractivity contribution is 7.98. The van der Waals surface area contributed by atoms with E-state index in [4.69, 9.17) is 4.74 Å². The summed E-state index contributed by atoms with van der Waals surface area (Å²) in [6.45, 7) is 2.53. The summed E-state index contributed by atoms with van der Waals surface area (Å²) < 4.78 is 20.7. The zero-order chi connectivity index (χ0) is 25.8. The standard InChI is InChI=1S/C26H30FN5O4S/c27-18-6-8-20(9-7-18)30-10-12-31(13-11-30)24(33)14-22-25(34)26(35)23(36-22)16-32-15-19(28-29-32)17-37-21-4-2-1-3-5-21/h1-9,15,22-23,25-26,34-35H,10-14,16-17H2/t22-,23+,25-,26+/m0/s1. The first-order valence-electron chi connectivity index (χ1n) is 12.3. The number of ether oxygens (including phenoxy) is 1. The monoisotopic (exact) mass is 527 g/mol. The molecule has 196 valence electrons. The molecule has 3 aromatic rings. The van der Waals surface area contributed by atoms with Crippen molar-refractivity contribution in [3.8, 4) is 0 Å². The molecule has 2 aliphatic rings. The number of thioether (sulfide) groups is 1. The number of benzene rings is 2. The molecule has 2 saturated heterocycles. The highest BCUT2D eigenvalue weighted by Crippen LogP contribution is 2.27. The van der Waals surface area contributed by atoms with Gasteiger partial charge in [-0.1, -0.05) is 23.4 Å². The fourth-order valence-electron chi connectivity index (χ4n) is 4.66. The first-order valence-corrected chi connectivity index (χ1v) is 13.3. The fourth-order valence-corrected chi connectivity index (χ4v) is 5.46. The molecule has 2 aliphatic heterocycles. The molecule has 0 saturated carbocycles. The van der Waals surface area contributed by atoms with Gasteiger partial charge in [0, 0.05) is 48.7 Å². The molecule has 4 atom stereocenters. The molecular formula is C26H30FN5O4S. The number of aliphatic hydroxyl groups is 2. The van der Waals surface area contributed by atoms with Crippen LogP contribution in [0.5, 0.6) is 0 Å². The molecule has 0 aliphatic carbocycles. The van der Waals surface area contributed by atoms with Crippen molar-refractivity contribution >= 4 is 23.4 Å². The maximum Gasteiger partial charge on any atom is 0.225 e. The van der Waals surface area contributed by atoms with Gasteiger partial charge in [-0.3, -0.25) is 4.79 Å². The highest BCUT2D eigenvalue weighted by atomic mass is 32.2. The molecule has 0 bridgehead atoms. The second-order valence-electron chi connectivity index (χ2n) is 9.28. The van der Waals surface area contributed by atoms with Crippen molar-refractivity contribution in [3.05, 3.63) is 72.3 Å². The molecule has 5 rings (SSSR count). The molecule has 11 heteroatoms. The average Bonchev–Trinajstić information content (AvgIpc) is 3.48. The lowest BCUT2D eigenvalue weighted by Crippen LogP contribution is -2.49. The molecular weight excluding hydrogens is 497 g/mol. The van der Waals surface area contributed by atoms with Gasteiger partial charge >= 0.3 is 0 Å². The van der Waals surface area contributed by atoms with Gasteiger partial charge in [0.05, 0.1) is 24.8 Å². The lowest BCUT2D eigenvalue weighted by Gasteiger charge is -2.36. The van der Waals surface area contributed by atoms with Crippen LogP contribution in [0.4, 0.5) is 10.1 Å². The minimum absolute atomic E-state index is 0.0123. The fraction of sp³-hybridized carbons (Fsp3) is 0.423. The number of nitrogens with zero attached hydrogens (tertiary/aromatic N) is 5. The van der Waals surface area contributed by atoms with Gasteiger partial charge in [0.2, 0.25) is 5.91 Å². The Morgan fingerprint density at radius 3 is 2.43 bits per heavy atom. The number of hydrogen-bond acceptors (Lipinski definition) is 8. The first-order chi connectivity index (χ1) is 18.0. The van der Waals surface area contributed by atoms with Crippen LogP contribution in [-0.4, -0.2) is 86.6 Å². The number of hydrogen-bond donors (Lipinski definition) is 2. The molecule has 2 aromatic carbocycles. The molecule has 37 heavy (non-hydrogen) atoms. The van der Waals surface area contributed by atoms with Crippen molar-refractivity contribution in [1.29, 1.82) is 0 Å². The maximum absolute atomic E-state index is 13.2. The van der Waals surface area contributed by atoms with E-state index in [1.165, 1.54) is 12.1 Å². The molecule has 0 unspecified atom stereocenters. The molecule has 2 fully saturated rings. The number of carbonyl (C=O) groups is 1. The van der Waals surface area contributed by atoms with Crippen LogP contribution >= 0.6 is 11.8 Å². The summed E-state index contributed by atoms with van der Waals surface area (Å²) >= 11 is 1.65. The molecule has 1 amide bonds. The number of rotatable bonds is 8. The number of amides is 1. The van der Waals surface area contributed by atoms with Crippen molar-refractivity contribution in [2.75, 3.05) is 31.1 Å². The summed E-state index contributed by atoms with van der Waals surface area (Å²) in [5.41, 5.74) is 1.72. The number of carbonyl (C=O) groups excluding carboxylic acids is 1. The van der Waals surface area contributed by atoms with Crippen LogP contribution < -0.4 is 4.90 Å². The van der Waals surface area contributed by atoms with Crippen LogP contribution in [-0.2, 0) is 21.8 Å². The Kier molecular flexibility index (Phi) is 8.04. The van der Waals surface area contributed by atoms with Gasteiger partial charge in [-0.15, -0.1) is 16.9 Å². The molecule has 0 spiro atoms. The Bertz CT molecular complexity index is 1170. The lowest BCUT2D eigenvalue weighted by atomic mass is 10.0. The van der Waals surface area contributed by atoms with E-state index >= 15 is 0 Å². The van der Waals surface area contributed by atoms with Gasteiger partial charge in [0.1, 0.15) is 24.1 Å². The van der Waals surface area contributed by atoms with Gasteiger partial charge in [0.25, 0.3) is 0 Å². The van der Waals surface area contributed by atoms with Crippen LogP contribution in [0.15, 0.2) is 65.7 Å². The SMILES string of the molecule is O=C(C[C@@H]1O[C@H](Cn2cc(CSc3ccccc3)nn2)[C@@H](O)[C@H]1O)N1CCN(c2ccc(F)cc2)CC1. The Balaban J connectivity index is 1.10. The summed E-state index contributed by atoms with van der Waals surface area (Å²) in [6, 6.07) is 16.3. The van der Waals surface area contributed by atoms with Crippen molar-refractivity contribution in [2.24, 2.45) is 0 Å². The van der Waals surface area contributed by atoms with E-state index in [0.717, 1.165) is 16.3 Å². The van der Waals surface area contributed by atoms with Crippen molar-refractivity contribution in [2.45, 2.75) is 48.0 Å². The van der Waals surface area contributed by atoms with Crippen molar-refractivity contribution < 1.29 is 24.1 Å². The molecule has 9 nitrogen and oxygen atoms in total. The second-order valence-corrected chi connectivity index (χ2v) is 10.3. The average molecular weight is 528 g/mol. The molecule has 0 radical (unpaired) electrons. The molecule has 3 heterocycles. The van der Waals surface area contributed by atoms with Gasteiger partial charge < -0.3 is 24.7 Å². The quantitative estimate of drug-likeness (QED) is 0.429. The first kappa shape index (κ1) is 25.7. The van der Waals surface area contributed by atoms with E-state index in [0.29, 0.717) is 31.9 Å². The van der Waals surface area contributed by atoms with Crippen LogP contribution in [0.3, 0.4) is 0 Å². The van der Waals surface area contributed by atoms with E-state index in [-0.39, 0.29) is 24.7 Å². The van der Waals surface area contributed by atoms with E-state index in [2.05, 4.69) is 15.2 Å². The topological polar surface area (TPSA) is 104 Å². The Morgan fingerprint density at radius 2 is 1.70 bits per heavy atom. The number of halogens is 1. The Labute approximate surface area is 218 Å². The van der Waals surface area contributed by atoms with E-state index in [1.54, 1.807) is 39.7 Å². The van der Waals surface area contributed by atoms with Gasteiger partial charge in [-0.25, -0.2) is 9.07 Å². The number of aliphatic hydroxyl groups excluding tert-OH is 2. The maximum atomic E-state index is 13.2. The van der Waals surface area contributed by atoms with E-state index in [9.17, 15) is 19.4 Å². The third-order valence-corrected chi connectivity index (χ3v) is 7.79. The summed E-state index contributed by atoms with van der Waals surface area (Å²) in [4.78, 5) is 17.9. The Hall–Kier alpha value is -2.99. The predicted octanol–water partition coefficient (Wildman–Crippen LogP) is 1.94. The highest BCUT2D eigenvalue weighted by Gasteiger charge is 2.44. The summed E-state index contributed by atoms with van der Waals surface area (Å²) in [5.74, 6) is 0.253. The molecule has 2 N–H and O–H groups in total. The zero-order valence-corrected chi connectivity index (χ0v) is 21.1. The predicted molar refractivity (Wildman–Crippen MR) is 137 cm³/mol. The minimum atomic E-state index is -1.16. The van der Waals surface area contributed by atoms with Gasteiger partial charge in [-0.2, -0.15) is 0 Å². The third kappa shape index (κ3) is 6.30. The third-order valence-electron chi connectivity index (χ3n) is 6.74. The van der Waals surface area contributed by atoms with Crippen molar-refractivity contribution in [3.63, 3.8) is 0 Å². The van der Waals surface area contributed by atoms with Gasteiger partial charge in [-0.05, 0) is 36.4 Å². The Morgan fingerprint density at radius 1 is 1.00 bits per heavy atom. The zero-order valence-electron chi connectivity index (χ0n) is 20.3. The normalized spacial score (nSPS) is 24.0. The van der Waals surface area contributed by atoms with Crippen LogP contribution in [0.2, 0.25) is 0 Å². The van der Waals surface area contributed by atoms with Gasteiger partial charge in [0.15, 0.2) is 0 Å². The summed E-state index contributed by atoms with van der Waals surface area (Å²) in [5, 5.41) is 29.4. The number of anilines is 1. The minimum Gasteiger partial charge on any atom is -0.388 e. The molecule has 1 aromatic heterocycles. The lowest BCUT2D eigenvalue weighted by molar-refractivity contribution is -0.135. The van der Waals surface area contributed by atoms with Crippen LogP contribution in [0.1, 0.15) is 12.1 Å². The summed E-state index contributed by atoms with van der Waals surface area (Å²) in [6.07, 6.45) is -1.98. The van der Waals surface area contributed by atoms with Crippen LogP contribution in [0.25, 0.3) is 0 Å². The van der Waals surface area contributed by atoms with E-state index in [1.807, 2.05) is 30.3 Å². The number of aromatic nitrogens is 3. The largest absolute Gasteiger partial charge is 0.388 e.